The maximum absolute atomic E-state index is 10.8. The highest BCUT2D eigenvalue weighted by Crippen LogP contribution is 1.86. The molecule has 166 valence electrons. The van der Waals surface area contributed by atoms with Crippen LogP contribution in [0.15, 0.2) is 0 Å². The molecule has 0 aromatic heterocycles. The summed E-state index contributed by atoms with van der Waals surface area (Å²) in [5.41, 5.74) is 0. The molecular weight excluding hydrogens is 378 g/mol. The van der Waals surface area contributed by atoms with Gasteiger partial charge in [0.25, 0.3) is 0 Å². The minimum atomic E-state index is -0.876. The number of nitrogens with one attached hydrogen (secondary N) is 1. The Hall–Kier alpha value is -1.50. The molecule has 0 saturated carbocycles. The number of hydrogen-bond acceptors (Lipinski definition) is 9. The van der Waals surface area contributed by atoms with Crippen molar-refractivity contribution in [1.82, 2.24) is 5.32 Å². The maximum atomic E-state index is 10.8. The molecule has 0 aromatic carbocycles. The van der Waals surface area contributed by atoms with E-state index in [2.05, 4.69) is 10.1 Å². The minimum absolute atomic E-state index is 0.00186. The molecule has 11 heteroatoms. The lowest BCUT2D eigenvalue weighted by Gasteiger charge is -2.08. The van der Waals surface area contributed by atoms with Gasteiger partial charge in [0.2, 0.25) is 0 Å². The maximum Gasteiger partial charge on any atom is 0.406 e. The van der Waals surface area contributed by atoms with Crippen molar-refractivity contribution in [2.45, 2.75) is 6.42 Å². The zero-order chi connectivity index (χ0) is 20.7. The molecule has 0 spiro atoms. The van der Waals surface area contributed by atoms with Gasteiger partial charge in [-0.25, -0.2) is 4.79 Å². The van der Waals surface area contributed by atoms with E-state index in [-0.39, 0.29) is 13.0 Å². The zero-order valence-electron chi connectivity index (χ0n) is 16.5. The predicted octanol–water partition coefficient (Wildman–Crippen LogP) is -0.0833. The highest BCUT2D eigenvalue weighted by molar-refractivity contribution is 5.67. The van der Waals surface area contributed by atoms with Gasteiger partial charge in [0.05, 0.1) is 92.8 Å². The van der Waals surface area contributed by atoms with E-state index in [9.17, 15) is 9.59 Å². The van der Waals surface area contributed by atoms with E-state index in [0.717, 1.165) is 0 Å². The van der Waals surface area contributed by atoms with Gasteiger partial charge in [-0.2, -0.15) is 0 Å². The molecule has 0 aliphatic rings. The molecule has 1 amide bonds. The molecule has 0 bridgehead atoms. The van der Waals surface area contributed by atoms with Crippen LogP contribution in [0.4, 0.5) is 4.79 Å². The second-order valence-electron chi connectivity index (χ2n) is 5.24. The number of rotatable bonds is 21. The van der Waals surface area contributed by atoms with Crippen molar-refractivity contribution in [3.05, 3.63) is 0 Å². The normalized spacial score (nSPS) is 10.8. The van der Waals surface area contributed by atoms with Crippen LogP contribution in [-0.2, 0) is 38.0 Å². The number of methoxy groups -OCH3 is 1. The van der Waals surface area contributed by atoms with Gasteiger partial charge in [-0.15, -0.1) is 0 Å². The molecule has 0 aromatic rings. The van der Waals surface area contributed by atoms with Gasteiger partial charge in [-0.1, -0.05) is 0 Å². The molecule has 0 radical (unpaired) electrons. The Morgan fingerprint density at radius 2 is 1.00 bits per heavy atom. The van der Waals surface area contributed by atoms with E-state index < -0.39 is 12.1 Å². The average Bonchev–Trinajstić information content (AvgIpc) is 2.68. The van der Waals surface area contributed by atoms with Crippen molar-refractivity contribution in [2.75, 3.05) is 92.9 Å². The summed E-state index contributed by atoms with van der Waals surface area (Å²) in [6.45, 7) is 5.42. The lowest BCUT2D eigenvalue weighted by Crippen LogP contribution is -2.27. The summed E-state index contributed by atoms with van der Waals surface area (Å²) in [4.78, 5) is 21.0. The first-order valence-electron chi connectivity index (χ1n) is 9.17. The van der Waals surface area contributed by atoms with Crippen LogP contribution in [-0.4, -0.2) is 110 Å². The van der Waals surface area contributed by atoms with Crippen molar-refractivity contribution in [3.63, 3.8) is 0 Å². The number of carbonyl (C=O) groups is 2. The number of hydrogen-bond donors (Lipinski definition) is 2. The van der Waals surface area contributed by atoms with E-state index in [4.69, 9.17) is 33.5 Å². The number of alkyl carbamates (subject to hydrolysis) is 1. The molecule has 0 heterocycles. The smallest absolute Gasteiger partial charge is 0.406 e. The van der Waals surface area contributed by atoms with Crippen LogP contribution in [0.5, 0.6) is 0 Å². The predicted molar refractivity (Wildman–Crippen MR) is 97.6 cm³/mol. The Balaban J connectivity index is 3.03. The van der Waals surface area contributed by atoms with Crippen LogP contribution in [0.1, 0.15) is 6.42 Å². The number of aliphatic carboxylic acids is 1. The Kier molecular flexibility index (Phi) is 20.6. The molecular formula is C17H33NO10. The van der Waals surface area contributed by atoms with Gasteiger partial charge >= 0.3 is 12.1 Å². The van der Waals surface area contributed by atoms with E-state index in [1.54, 1.807) is 0 Å². The van der Waals surface area contributed by atoms with Gasteiger partial charge < -0.3 is 43.6 Å². The third-order valence-corrected chi connectivity index (χ3v) is 3.02. The average molecular weight is 411 g/mol. The number of carbonyl (C=O) groups excluding carboxylic acids is 1. The molecule has 0 saturated heterocycles. The largest absolute Gasteiger partial charge is 0.481 e. The molecule has 0 atom stereocenters. The van der Waals surface area contributed by atoms with Crippen molar-refractivity contribution in [1.29, 1.82) is 0 Å². The number of amides is 1. The summed E-state index contributed by atoms with van der Waals surface area (Å²) in [6, 6.07) is 0. The standard InChI is InChI=1S/C17H33NO10/c1-22-17(21)18-3-5-24-7-9-26-11-13-28-15-14-27-12-10-25-8-6-23-4-2-16(19)20/h2-15H2,1H3,(H,18,21)(H,19,20). The molecule has 2 N–H and O–H groups in total. The minimum Gasteiger partial charge on any atom is -0.481 e. The monoisotopic (exact) mass is 411 g/mol. The van der Waals surface area contributed by atoms with Crippen LogP contribution in [0.25, 0.3) is 0 Å². The number of ether oxygens (including phenoxy) is 7. The Labute approximate surface area is 165 Å². The molecule has 11 nitrogen and oxygen atoms in total. The van der Waals surface area contributed by atoms with E-state index >= 15 is 0 Å². The Morgan fingerprint density at radius 1 is 0.643 bits per heavy atom. The van der Waals surface area contributed by atoms with Gasteiger partial charge in [-0.3, -0.25) is 4.79 Å². The highest BCUT2D eigenvalue weighted by atomic mass is 16.6. The van der Waals surface area contributed by atoms with Crippen LogP contribution < -0.4 is 5.32 Å². The van der Waals surface area contributed by atoms with Crippen LogP contribution in [0.3, 0.4) is 0 Å². The topological polar surface area (TPSA) is 131 Å². The summed E-state index contributed by atoms with van der Waals surface area (Å²) >= 11 is 0. The van der Waals surface area contributed by atoms with E-state index in [1.807, 2.05) is 0 Å². The Morgan fingerprint density at radius 3 is 1.36 bits per heavy atom. The molecule has 0 rings (SSSR count). The molecule has 0 aliphatic heterocycles. The van der Waals surface area contributed by atoms with Gasteiger partial charge in [0, 0.05) is 6.54 Å². The van der Waals surface area contributed by atoms with E-state index in [1.165, 1.54) is 7.11 Å². The van der Waals surface area contributed by atoms with Crippen LogP contribution >= 0.6 is 0 Å². The summed E-state index contributed by atoms with van der Waals surface area (Å²) < 4.78 is 36.0. The first kappa shape index (κ1) is 26.5. The molecule has 0 fully saturated rings. The highest BCUT2D eigenvalue weighted by Gasteiger charge is 1.97. The number of carboxylic acids is 1. The second-order valence-corrected chi connectivity index (χ2v) is 5.24. The first-order valence-corrected chi connectivity index (χ1v) is 9.17. The van der Waals surface area contributed by atoms with Crippen LogP contribution in [0, 0.1) is 0 Å². The lowest BCUT2D eigenvalue weighted by molar-refractivity contribution is -0.138. The van der Waals surface area contributed by atoms with Crippen molar-refractivity contribution in [2.24, 2.45) is 0 Å². The summed E-state index contributed by atoms with van der Waals surface area (Å²) in [7, 11) is 1.31. The third-order valence-electron chi connectivity index (χ3n) is 3.02. The van der Waals surface area contributed by atoms with Gasteiger partial charge in [-0.05, 0) is 0 Å². The molecule has 0 aliphatic carbocycles. The van der Waals surface area contributed by atoms with Crippen LogP contribution in [0.2, 0.25) is 0 Å². The fourth-order valence-electron chi connectivity index (χ4n) is 1.66. The van der Waals surface area contributed by atoms with Gasteiger partial charge in [0.1, 0.15) is 0 Å². The molecule has 0 unspecified atom stereocenters. The van der Waals surface area contributed by atoms with Crippen molar-refractivity contribution < 1.29 is 47.9 Å². The third kappa shape index (κ3) is 22.5. The van der Waals surface area contributed by atoms with Gasteiger partial charge in [0.15, 0.2) is 0 Å². The quantitative estimate of drug-likeness (QED) is 0.247. The summed E-state index contributed by atoms with van der Waals surface area (Å²) in [5.74, 6) is -0.876. The summed E-state index contributed by atoms with van der Waals surface area (Å²) in [6.07, 6.45) is -0.480. The van der Waals surface area contributed by atoms with E-state index in [0.29, 0.717) is 79.2 Å². The van der Waals surface area contributed by atoms with Crippen molar-refractivity contribution in [3.8, 4) is 0 Å². The Bertz CT molecular complexity index is 370. The first-order chi connectivity index (χ1) is 13.7. The number of carboxylic acid groups (broad SMARTS) is 1. The summed E-state index contributed by atoms with van der Waals surface area (Å²) in [5, 5.41) is 10.9. The molecule has 28 heavy (non-hydrogen) atoms. The second kappa shape index (κ2) is 21.8. The fourth-order valence-corrected chi connectivity index (χ4v) is 1.66. The fraction of sp³-hybridized carbons (Fsp3) is 0.882. The zero-order valence-corrected chi connectivity index (χ0v) is 16.5. The van der Waals surface area contributed by atoms with Crippen molar-refractivity contribution >= 4 is 12.1 Å². The lowest BCUT2D eigenvalue weighted by atomic mass is 10.5. The SMILES string of the molecule is COC(=O)NCCOCCOCCOCCOCCOCCOCCC(=O)O.